The summed E-state index contributed by atoms with van der Waals surface area (Å²) >= 11 is 0. The lowest BCUT2D eigenvalue weighted by Crippen LogP contribution is -2.30. The van der Waals surface area contributed by atoms with Crippen molar-refractivity contribution >= 4 is 10.8 Å². The van der Waals surface area contributed by atoms with Crippen LogP contribution >= 0.6 is 0 Å². The Morgan fingerprint density at radius 1 is 0.667 bits per heavy atom. The molecule has 1 nitrogen and oxygen atoms in total. The van der Waals surface area contributed by atoms with Gasteiger partial charge < -0.3 is 0 Å². The summed E-state index contributed by atoms with van der Waals surface area (Å²) < 4.78 is 2.21. The number of hydrogen-bond acceptors (Lipinski definition) is 0. The van der Waals surface area contributed by atoms with Crippen molar-refractivity contribution in [2.24, 2.45) is 7.05 Å². The van der Waals surface area contributed by atoms with Crippen molar-refractivity contribution in [1.29, 1.82) is 0 Å². The van der Waals surface area contributed by atoms with Gasteiger partial charge in [0.1, 0.15) is 7.05 Å². The van der Waals surface area contributed by atoms with E-state index < -0.39 is 0 Å². The fourth-order valence-electron chi connectivity index (χ4n) is 4.10. The first-order valence-electron chi connectivity index (χ1n) is 8.37. The highest BCUT2D eigenvalue weighted by molar-refractivity contribution is 6.18. The topological polar surface area (TPSA) is 3.88 Å². The number of nitrogens with zero attached hydrogens (tertiary/aromatic N) is 1. The predicted octanol–water partition coefficient (Wildman–Crippen LogP) is 5.29. The second-order valence-corrected chi connectivity index (χ2v) is 6.59. The average Bonchev–Trinajstić information content (AvgIpc) is 2.93. The van der Waals surface area contributed by atoms with E-state index >= 15 is 0 Å². The van der Waals surface area contributed by atoms with Crippen LogP contribution in [0.3, 0.4) is 0 Å². The van der Waals surface area contributed by atoms with Crippen molar-refractivity contribution in [3.8, 4) is 33.5 Å². The van der Waals surface area contributed by atoms with E-state index in [1.54, 1.807) is 0 Å². The Morgan fingerprint density at radius 2 is 1.46 bits per heavy atom. The summed E-state index contributed by atoms with van der Waals surface area (Å²) in [6, 6.07) is 24.2. The lowest BCUT2D eigenvalue weighted by molar-refractivity contribution is -0.660. The molecule has 4 aromatic rings. The molecule has 1 aromatic heterocycles. The highest BCUT2D eigenvalue weighted by Gasteiger charge is 2.27. The molecule has 0 bridgehead atoms. The zero-order valence-corrected chi connectivity index (χ0v) is 13.9. The molecule has 0 aliphatic heterocycles. The van der Waals surface area contributed by atoms with Gasteiger partial charge in [-0.05, 0) is 46.0 Å². The summed E-state index contributed by atoms with van der Waals surface area (Å²) in [6.07, 6.45) is 2.12. The standard InChI is InChI=1S/C23H18N/c1-15-12-13-18-17-9-5-7-16-8-6-10-19(22(16)17)23(18)21(15)20-11-3-4-14-24(20)2/h3-14H,1-2H3/q+1. The van der Waals surface area contributed by atoms with Crippen molar-refractivity contribution in [2.75, 3.05) is 0 Å². The van der Waals surface area contributed by atoms with Crippen LogP contribution in [0.15, 0.2) is 72.9 Å². The number of rotatable bonds is 1. The van der Waals surface area contributed by atoms with Crippen molar-refractivity contribution in [2.45, 2.75) is 6.92 Å². The van der Waals surface area contributed by atoms with Gasteiger partial charge in [0.2, 0.25) is 5.69 Å². The van der Waals surface area contributed by atoms with Crippen LogP contribution in [0.25, 0.3) is 44.3 Å². The van der Waals surface area contributed by atoms with Crippen LogP contribution in [-0.2, 0) is 7.05 Å². The minimum atomic E-state index is 1.26. The van der Waals surface area contributed by atoms with Crippen LogP contribution in [-0.4, -0.2) is 0 Å². The predicted molar refractivity (Wildman–Crippen MR) is 99.7 cm³/mol. The zero-order chi connectivity index (χ0) is 16.3. The van der Waals surface area contributed by atoms with E-state index in [1.165, 1.54) is 49.8 Å². The Morgan fingerprint density at radius 3 is 2.25 bits per heavy atom. The zero-order valence-electron chi connectivity index (χ0n) is 13.9. The molecule has 0 amide bonds. The van der Waals surface area contributed by atoms with Gasteiger partial charge in [0.05, 0.1) is 5.56 Å². The third-order valence-electron chi connectivity index (χ3n) is 5.19. The highest BCUT2D eigenvalue weighted by Crippen LogP contribution is 2.51. The van der Waals surface area contributed by atoms with Crippen molar-refractivity contribution in [1.82, 2.24) is 0 Å². The van der Waals surface area contributed by atoms with Gasteiger partial charge in [-0.1, -0.05) is 48.5 Å². The summed E-state index contributed by atoms with van der Waals surface area (Å²) in [6.45, 7) is 2.21. The minimum Gasteiger partial charge on any atom is -0.201 e. The maximum Gasteiger partial charge on any atom is 0.213 e. The molecule has 0 N–H and O–H groups in total. The van der Waals surface area contributed by atoms with Crippen LogP contribution in [0.1, 0.15) is 5.56 Å². The molecule has 1 heteroatoms. The first-order valence-corrected chi connectivity index (χ1v) is 8.37. The molecule has 0 fully saturated rings. The van der Waals surface area contributed by atoms with Gasteiger partial charge in [0.25, 0.3) is 0 Å². The lowest BCUT2D eigenvalue weighted by Gasteiger charge is -2.12. The van der Waals surface area contributed by atoms with E-state index in [0.717, 1.165) is 0 Å². The number of pyridine rings is 1. The molecule has 114 valence electrons. The Kier molecular flexibility index (Phi) is 2.69. The van der Waals surface area contributed by atoms with Crippen LogP contribution in [0, 0.1) is 6.92 Å². The van der Waals surface area contributed by atoms with E-state index in [2.05, 4.69) is 91.5 Å². The first kappa shape index (κ1) is 13.5. The van der Waals surface area contributed by atoms with Crippen LogP contribution in [0.2, 0.25) is 0 Å². The molecule has 0 atom stereocenters. The second kappa shape index (κ2) is 4.78. The second-order valence-electron chi connectivity index (χ2n) is 6.59. The molecular formula is C23H18N+. The number of fused-ring (bicyclic) bond motifs is 3. The van der Waals surface area contributed by atoms with Gasteiger partial charge in [-0.2, -0.15) is 0 Å². The van der Waals surface area contributed by atoms with Crippen LogP contribution < -0.4 is 4.57 Å². The molecule has 1 aliphatic rings. The SMILES string of the molecule is Cc1ccc2c(c1-c1cccc[n+]1C)-c1cccc3cccc-2c13. The van der Waals surface area contributed by atoms with Gasteiger partial charge in [-0.3, -0.25) is 0 Å². The largest absolute Gasteiger partial charge is 0.213 e. The van der Waals surface area contributed by atoms with Gasteiger partial charge in [0.15, 0.2) is 6.20 Å². The van der Waals surface area contributed by atoms with E-state index in [0.29, 0.717) is 0 Å². The van der Waals surface area contributed by atoms with Crippen LogP contribution in [0.4, 0.5) is 0 Å². The number of aryl methyl sites for hydroxylation is 2. The van der Waals surface area contributed by atoms with Crippen molar-refractivity contribution in [3.05, 3.63) is 78.5 Å². The molecular weight excluding hydrogens is 290 g/mol. The molecule has 1 heterocycles. The fraction of sp³-hybridized carbons (Fsp3) is 0.0870. The summed E-state index contributed by atoms with van der Waals surface area (Å²) in [5.41, 5.74) is 9.38. The Hall–Kier alpha value is -2.93. The number of hydrogen-bond donors (Lipinski definition) is 0. The Balaban J connectivity index is 1.96. The molecule has 0 radical (unpaired) electrons. The molecule has 3 aromatic carbocycles. The maximum absolute atomic E-state index is 2.28. The molecule has 0 saturated heterocycles. The van der Waals surface area contributed by atoms with Crippen molar-refractivity contribution < 1.29 is 4.57 Å². The summed E-state index contributed by atoms with van der Waals surface area (Å²) in [7, 11) is 2.12. The smallest absolute Gasteiger partial charge is 0.201 e. The molecule has 5 rings (SSSR count). The Labute approximate surface area is 141 Å². The van der Waals surface area contributed by atoms with Crippen molar-refractivity contribution in [3.63, 3.8) is 0 Å². The van der Waals surface area contributed by atoms with Gasteiger partial charge >= 0.3 is 0 Å². The number of aromatic nitrogens is 1. The van der Waals surface area contributed by atoms with E-state index in [4.69, 9.17) is 0 Å². The lowest BCUT2D eigenvalue weighted by atomic mass is 9.92. The van der Waals surface area contributed by atoms with E-state index in [1.807, 2.05) is 0 Å². The van der Waals surface area contributed by atoms with Crippen LogP contribution in [0.5, 0.6) is 0 Å². The highest BCUT2D eigenvalue weighted by atomic mass is 14.9. The minimum absolute atomic E-state index is 1.26. The maximum atomic E-state index is 2.28. The summed E-state index contributed by atoms with van der Waals surface area (Å²) in [5.74, 6) is 0. The third kappa shape index (κ3) is 1.67. The average molecular weight is 308 g/mol. The van der Waals surface area contributed by atoms with E-state index in [9.17, 15) is 0 Å². The third-order valence-corrected chi connectivity index (χ3v) is 5.19. The summed E-state index contributed by atoms with van der Waals surface area (Å²) in [4.78, 5) is 0. The molecule has 1 aliphatic carbocycles. The first-order chi connectivity index (χ1) is 11.8. The number of benzene rings is 3. The van der Waals surface area contributed by atoms with Gasteiger partial charge in [0, 0.05) is 17.7 Å². The quantitative estimate of drug-likeness (QED) is 0.371. The molecule has 24 heavy (non-hydrogen) atoms. The normalized spacial score (nSPS) is 11.8. The fourth-order valence-corrected chi connectivity index (χ4v) is 4.10. The monoisotopic (exact) mass is 308 g/mol. The molecule has 0 unspecified atom stereocenters. The summed E-state index contributed by atoms with van der Waals surface area (Å²) in [5, 5.41) is 2.71. The van der Waals surface area contributed by atoms with E-state index in [-0.39, 0.29) is 0 Å². The van der Waals surface area contributed by atoms with Gasteiger partial charge in [-0.15, -0.1) is 0 Å². The van der Waals surface area contributed by atoms with Gasteiger partial charge in [-0.25, -0.2) is 4.57 Å². The molecule has 0 saturated carbocycles. The molecule has 0 spiro atoms. The Bertz CT molecular complexity index is 1120.